The molecule has 2 rings (SSSR count). The number of carbonyl (C=O) groups is 1. The van der Waals surface area contributed by atoms with Crippen LogP contribution in [0.2, 0.25) is 0 Å². The quantitative estimate of drug-likeness (QED) is 0.190. The molecular weight excluding hydrogens is 438 g/mol. The summed E-state index contributed by atoms with van der Waals surface area (Å²) in [7, 11) is 0. The summed E-state index contributed by atoms with van der Waals surface area (Å²) in [6.07, 6.45) is 4.22. The van der Waals surface area contributed by atoms with Gasteiger partial charge in [0, 0.05) is 17.9 Å². The summed E-state index contributed by atoms with van der Waals surface area (Å²) in [6, 6.07) is 5.70. The van der Waals surface area contributed by atoms with Gasteiger partial charge in [0.05, 0.1) is 22.8 Å². The SMILES string of the molecule is CCCCCCOCCOC(=O)C1=C(C)NC(C)=C([N+](=O)[O-])C1c1ccccc1OC(F)F. The molecule has 0 spiro atoms. The number of benzene rings is 1. The van der Waals surface area contributed by atoms with Crippen molar-refractivity contribution in [2.45, 2.75) is 59.0 Å². The summed E-state index contributed by atoms with van der Waals surface area (Å²) in [6.45, 7) is 2.74. The summed E-state index contributed by atoms with van der Waals surface area (Å²) in [5.41, 5.74) is 0.219. The zero-order chi connectivity index (χ0) is 24.4. The third kappa shape index (κ3) is 7.24. The predicted molar refractivity (Wildman–Crippen MR) is 117 cm³/mol. The number of ether oxygens (including phenoxy) is 3. The molecule has 0 aromatic heterocycles. The first-order valence-corrected chi connectivity index (χ1v) is 10.9. The van der Waals surface area contributed by atoms with Crippen LogP contribution in [0.25, 0.3) is 0 Å². The maximum atomic E-state index is 13.0. The van der Waals surface area contributed by atoms with Gasteiger partial charge in [-0.25, -0.2) is 4.79 Å². The zero-order valence-electron chi connectivity index (χ0n) is 19.1. The summed E-state index contributed by atoms with van der Waals surface area (Å²) in [5.74, 6) is -2.29. The number of hydrogen-bond donors (Lipinski definition) is 1. The second-order valence-corrected chi connectivity index (χ2v) is 7.59. The number of unbranched alkanes of at least 4 members (excludes halogenated alkanes) is 3. The minimum atomic E-state index is -3.13. The number of esters is 1. The van der Waals surface area contributed by atoms with Crippen molar-refractivity contribution in [2.24, 2.45) is 0 Å². The maximum Gasteiger partial charge on any atom is 0.387 e. The van der Waals surface area contributed by atoms with E-state index in [-0.39, 0.29) is 41.5 Å². The van der Waals surface area contributed by atoms with Crippen LogP contribution in [0.5, 0.6) is 5.75 Å². The van der Waals surface area contributed by atoms with E-state index in [0.29, 0.717) is 12.3 Å². The van der Waals surface area contributed by atoms with Crippen LogP contribution in [0.15, 0.2) is 46.9 Å². The van der Waals surface area contributed by atoms with Crippen LogP contribution >= 0.6 is 0 Å². The van der Waals surface area contributed by atoms with Crippen LogP contribution in [0.4, 0.5) is 8.78 Å². The molecule has 0 saturated carbocycles. The molecule has 10 heteroatoms. The fourth-order valence-corrected chi connectivity index (χ4v) is 3.72. The third-order valence-electron chi connectivity index (χ3n) is 5.19. The van der Waals surface area contributed by atoms with Crippen molar-refractivity contribution < 1.29 is 32.7 Å². The van der Waals surface area contributed by atoms with Crippen LogP contribution in [0, 0.1) is 10.1 Å². The van der Waals surface area contributed by atoms with Crippen molar-refractivity contribution in [3.63, 3.8) is 0 Å². The fraction of sp³-hybridized carbons (Fsp3) is 0.522. The molecule has 1 aromatic carbocycles. The normalized spacial score (nSPS) is 16.1. The Kier molecular flexibility index (Phi) is 10.2. The number of nitrogens with zero attached hydrogens (tertiary/aromatic N) is 1. The maximum absolute atomic E-state index is 13.0. The molecule has 0 saturated heterocycles. The number of allylic oxidation sites excluding steroid dienone is 3. The van der Waals surface area contributed by atoms with Crippen LogP contribution in [0.3, 0.4) is 0 Å². The van der Waals surface area contributed by atoms with E-state index in [1.54, 1.807) is 6.92 Å². The molecule has 33 heavy (non-hydrogen) atoms. The Balaban J connectivity index is 2.24. The summed E-state index contributed by atoms with van der Waals surface area (Å²) in [5, 5.41) is 14.7. The van der Waals surface area contributed by atoms with Gasteiger partial charge >= 0.3 is 12.6 Å². The van der Waals surface area contributed by atoms with Crippen LogP contribution in [-0.4, -0.2) is 37.3 Å². The van der Waals surface area contributed by atoms with E-state index in [1.807, 2.05) is 0 Å². The largest absolute Gasteiger partial charge is 0.460 e. The van der Waals surface area contributed by atoms with Crippen molar-refractivity contribution in [1.29, 1.82) is 0 Å². The molecule has 1 atom stereocenters. The lowest BCUT2D eigenvalue weighted by atomic mass is 9.83. The van der Waals surface area contributed by atoms with Gasteiger partial charge < -0.3 is 19.5 Å². The van der Waals surface area contributed by atoms with Crippen molar-refractivity contribution in [3.8, 4) is 5.75 Å². The van der Waals surface area contributed by atoms with E-state index >= 15 is 0 Å². The van der Waals surface area contributed by atoms with E-state index in [2.05, 4.69) is 17.0 Å². The molecule has 0 radical (unpaired) electrons. The van der Waals surface area contributed by atoms with Crippen molar-refractivity contribution in [2.75, 3.05) is 19.8 Å². The number of nitro groups is 1. The summed E-state index contributed by atoms with van der Waals surface area (Å²) >= 11 is 0. The van der Waals surface area contributed by atoms with Crippen LogP contribution < -0.4 is 10.1 Å². The van der Waals surface area contributed by atoms with Gasteiger partial charge in [-0.05, 0) is 26.3 Å². The molecule has 0 bridgehead atoms. The van der Waals surface area contributed by atoms with E-state index in [0.717, 1.165) is 25.7 Å². The lowest BCUT2D eigenvalue weighted by Gasteiger charge is -2.27. The van der Waals surface area contributed by atoms with E-state index < -0.39 is 23.4 Å². The Labute approximate surface area is 191 Å². The number of dihydropyridines is 1. The molecule has 182 valence electrons. The van der Waals surface area contributed by atoms with Gasteiger partial charge in [0.25, 0.3) is 5.70 Å². The molecule has 8 nitrogen and oxygen atoms in total. The highest BCUT2D eigenvalue weighted by molar-refractivity contribution is 5.92. The van der Waals surface area contributed by atoms with E-state index in [1.165, 1.54) is 31.2 Å². The molecule has 0 aliphatic carbocycles. The lowest BCUT2D eigenvalue weighted by Crippen LogP contribution is -2.32. The van der Waals surface area contributed by atoms with Gasteiger partial charge in [-0.15, -0.1) is 0 Å². The van der Waals surface area contributed by atoms with Gasteiger partial charge in [0.2, 0.25) is 0 Å². The number of alkyl halides is 2. The van der Waals surface area contributed by atoms with Gasteiger partial charge in [-0.3, -0.25) is 10.1 Å². The van der Waals surface area contributed by atoms with Crippen LogP contribution in [0.1, 0.15) is 57.9 Å². The Morgan fingerprint density at radius 2 is 1.85 bits per heavy atom. The lowest BCUT2D eigenvalue weighted by molar-refractivity contribution is -0.431. The first-order chi connectivity index (χ1) is 15.8. The second kappa shape index (κ2) is 12.9. The average molecular weight is 468 g/mol. The number of nitrogens with one attached hydrogen (secondary N) is 1. The van der Waals surface area contributed by atoms with E-state index in [9.17, 15) is 23.7 Å². The highest BCUT2D eigenvalue weighted by Crippen LogP contribution is 2.42. The monoisotopic (exact) mass is 468 g/mol. The smallest absolute Gasteiger partial charge is 0.387 e. The van der Waals surface area contributed by atoms with Crippen molar-refractivity contribution >= 4 is 5.97 Å². The molecule has 1 aliphatic rings. The summed E-state index contributed by atoms with van der Waals surface area (Å²) < 4.78 is 41.3. The highest BCUT2D eigenvalue weighted by atomic mass is 19.3. The molecule has 1 N–H and O–H groups in total. The predicted octanol–water partition coefficient (Wildman–Crippen LogP) is 4.90. The topological polar surface area (TPSA) is 99.9 Å². The van der Waals surface area contributed by atoms with Crippen molar-refractivity contribution in [1.82, 2.24) is 5.32 Å². The zero-order valence-corrected chi connectivity index (χ0v) is 19.1. The highest BCUT2D eigenvalue weighted by Gasteiger charge is 2.42. The minimum absolute atomic E-state index is 0.0399. The fourth-order valence-electron chi connectivity index (χ4n) is 3.72. The molecule has 1 heterocycles. The first kappa shape index (κ1) is 26.2. The molecular formula is C23H30F2N2O6. The molecule has 0 amide bonds. The van der Waals surface area contributed by atoms with Crippen molar-refractivity contribution in [3.05, 3.63) is 62.6 Å². The van der Waals surface area contributed by atoms with Gasteiger partial charge in [-0.1, -0.05) is 44.4 Å². The minimum Gasteiger partial charge on any atom is -0.460 e. The van der Waals surface area contributed by atoms with Gasteiger partial charge in [0.1, 0.15) is 18.3 Å². The molecule has 0 fully saturated rings. The van der Waals surface area contributed by atoms with Gasteiger partial charge in [-0.2, -0.15) is 8.78 Å². The number of para-hydroxylation sites is 1. The molecule has 1 unspecified atom stereocenters. The third-order valence-corrected chi connectivity index (χ3v) is 5.19. The average Bonchev–Trinajstić information content (AvgIpc) is 2.74. The molecule has 1 aromatic rings. The Bertz CT molecular complexity index is 901. The number of rotatable bonds is 13. The standard InChI is InChI=1S/C23H30F2N2O6/c1-4-5-6-9-12-31-13-14-32-22(28)19-15(2)26-16(3)21(27(29)30)20(19)17-10-7-8-11-18(17)33-23(24)25/h7-8,10-11,20,23,26H,4-6,9,12-14H2,1-3H3. The first-order valence-electron chi connectivity index (χ1n) is 10.9. The Morgan fingerprint density at radius 1 is 1.12 bits per heavy atom. The van der Waals surface area contributed by atoms with Crippen LogP contribution in [-0.2, 0) is 14.3 Å². The number of hydrogen-bond acceptors (Lipinski definition) is 7. The second-order valence-electron chi connectivity index (χ2n) is 7.59. The Hall–Kier alpha value is -3.01. The molecule has 1 aliphatic heterocycles. The number of halogens is 2. The Morgan fingerprint density at radius 3 is 2.52 bits per heavy atom. The number of carbonyl (C=O) groups excluding carboxylic acids is 1. The van der Waals surface area contributed by atoms with Gasteiger partial charge in [0.15, 0.2) is 0 Å². The summed E-state index contributed by atoms with van der Waals surface area (Å²) in [4.78, 5) is 24.2. The van der Waals surface area contributed by atoms with E-state index in [4.69, 9.17) is 9.47 Å².